The Labute approximate surface area is 153 Å². The average molecular weight is 356 g/mol. The topological polar surface area (TPSA) is 83.5 Å². The van der Waals surface area contributed by atoms with Crippen molar-refractivity contribution in [1.29, 1.82) is 0 Å². The molecule has 0 rings (SSSR count). The number of unbranched alkanes of at least 4 members (excludes halogenated alkanes) is 12. The van der Waals surface area contributed by atoms with Gasteiger partial charge in [-0.1, -0.05) is 64.2 Å². The highest BCUT2D eigenvalue weighted by atomic mass is 16.4. The van der Waals surface area contributed by atoms with E-state index < -0.39 is 5.97 Å². The molecule has 0 aromatic heterocycles. The minimum Gasteiger partial charge on any atom is -0.481 e. The molecular formula is C20H37NO4. The van der Waals surface area contributed by atoms with Gasteiger partial charge >= 0.3 is 5.97 Å². The number of carboxylic acids is 1. The molecule has 2 N–H and O–H groups in total. The van der Waals surface area contributed by atoms with Gasteiger partial charge in [0.25, 0.3) is 0 Å². The maximum absolute atomic E-state index is 11.5. The third kappa shape index (κ3) is 20.6. The molecule has 0 atom stereocenters. The normalized spacial score (nSPS) is 10.6. The van der Waals surface area contributed by atoms with Gasteiger partial charge in [-0.2, -0.15) is 0 Å². The van der Waals surface area contributed by atoms with Crippen LogP contribution in [-0.2, 0) is 14.4 Å². The summed E-state index contributed by atoms with van der Waals surface area (Å²) < 4.78 is 0. The van der Waals surface area contributed by atoms with Crippen molar-refractivity contribution < 1.29 is 19.5 Å². The first kappa shape index (κ1) is 23.6. The van der Waals surface area contributed by atoms with Crippen LogP contribution >= 0.6 is 0 Å². The number of hydrogen-bond donors (Lipinski definition) is 2. The quantitative estimate of drug-likeness (QED) is 0.261. The van der Waals surface area contributed by atoms with Crippen molar-refractivity contribution in [3.8, 4) is 0 Å². The Kier molecular flexibility index (Phi) is 17.9. The molecule has 146 valence electrons. The molecule has 0 heterocycles. The predicted octanol–water partition coefficient (Wildman–Crippen LogP) is 4.63. The van der Waals surface area contributed by atoms with Gasteiger partial charge in [0.1, 0.15) is 6.29 Å². The van der Waals surface area contributed by atoms with E-state index in [0.717, 1.165) is 44.8 Å². The second-order valence-electron chi connectivity index (χ2n) is 6.80. The smallest absolute Gasteiger partial charge is 0.303 e. The zero-order valence-electron chi connectivity index (χ0n) is 15.8. The van der Waals surface area contributed by atoms with E-state index in [1.165, 1.54) is 44.9 Å². The number of carbonyl (C=O) groups is 3. The van der Waals surface area contributed by atoms with Crippen LogP contribution in [0.25, 0.3) is 0 Å². The highest BCUT2D eigenvalue weighted by molar-refractivity contribution is 5.75. The predicted molar refractivity (Wildman–Crippen MR) is 101 cm³/mol. The van der Waals surface area contributed by atoms with Gasteiger partial charge in [-0.3, -0.25) is 9.59 Å². The van der Waals surface area contributed by atoms with Gasteiger partial charge < -0.3 is 15.2 Å². The Morgan fingerprint density at radius 3 is 1.56 bits per heavy atom. The minimum absolute atomic E-state index is 0.106. The molecule has 0 aliphatic rings. The summed E-state index contributed by atoms with van der Waals surface area (Å²) in [4.78, 5) is 32.0. The number of rotatable bonds is 19. The second-order valence-corrected chi connectivity index (χ2v) is 6.80. The molecule has 0 aromatic rings. The van der Waals surface area contributed by atoms with E-state index in [9.17, 15) is 14.4 Å². The summed E-state index contributed by atoms with van der Waals surface area (Å²) in [5.74, 6) is -0.579. The number of carboxylic acid groups (broad SMARTS) is 1. The maximum atomic E-state index is 11.5. The van der Waals surface area contributed by atoms with Crippen LogP contribution in [0.1, 0.15) is 103 Å². The molecule has 0 saturated carbocycles. The third-order valence-corrected chi connectivity index (χ3v) is 4.37. The highest BCUT2D eigenvalue weighted by Crippen LogP contribution is 2.13. The van der Waals surface area contributed by atoms with Gasteiger partial charge in [-0.05, 0) is 19.3 Å². The van der Waals surface area contributed by atoms with Crippen LogP contribution in [0.2, 0.25) is 0 Å². The summed E-state index contributed by atoms with van der Waals surface area (Å²) in [6.45, 7) is 0.608. The Hall–Kier alpha value is -1.39. The first-order valence-electron chi connectivity index (χ1n) is 10.1. The largest absolute Gasteiger partial charge is 0.481 e. The number of hydrogen-bond acceptors (Lipinski definition) is 3. The van der Waals surface area contributed by atoms with E-state index in [2.05, 4.69) is 5.32 Å². The lowest BCUT2D eigenvalue weighted by molar-refractivity contribution is -0.137. The fraction of sp³-hybridized carbons (Fsp3) is 0.850. The van der Waals surface area contributed by atoms with Crippen molar-refractivity contribution in [1.82, 2.24) is 5.32 Å². The summed E-state index contributed by atoms with van der Waals surface area (Å²) in [7, 11) is 0. The zero-order chi connectivity index (χ0) is 18.6. The summed E-state index contributed by atoms with van der Waals surface area (Å²) >= 11 is 0. The molecule has 5 nitrogen and oxygen atoms in total. The molecule has 0 unspecified atom stereocenters. The SMILES string of the molecule is O=CCCCNC(=O)CCCCCCCCCCCCCCC(=O)O. The van der Waals surface area contributed by atoms with Gasteiger partial charge in [0.2, 0.25) is 5.91 Å². The van der Waals surface area contributed by atoms with Crippen LogP contribution in [0.4, 0.5) is 0 Å². The Morgan fingerprint density at radius 1 is 0.680 bits per heavy atom. The van der Waals surface area contributed by atoms with Gasteiger partial charge in [-0.15, -0.1) is 0 Å². The summed E-state index contributed by atoms with van der Waals surface area (Å²) in [6.07, 6.45) is 16.9. The van der Waals surface area contributed by atoms with E-state index in [-0.39, 0.29) is 5.91 Å². The van der Waals surface area contributed by atoms with Crippen molar-refractivity contribution in [2.75, 3.05) is 6.54 Å². The monoisotopic (exact) mass is 355 g/mol. The zero-order valence-corrected chi connectivity index (χ0v) is 15.8. The number of aldehydes is 1. The molecule has 0 bridgehead atoms. The van der Waals surface area contributed by atoms with Crippen molar-refractivity contribution in [3.63, 3.8) is 0 Å². The van der Waals surface area contributed by atoms with Crippen LogP contribution in [0.15, 0.2) is 0 Å². The second kappa shape index (κ2) is 18.9. The molecule has 0 aliphatic heterocycles. The van der Waals surface area contributed by atoms with Crippen molar-refractivity contribution in [2.45, 2.75) is 103 Å². The molecule has 1 amide bonds. The van der Waals surface area contributed by atoms with E-state index in [1.54, 1.807) is 0 Å². The molecular weight excluding hydrogens is 318 g/mol. The van der Waals surface area contributed by atoms with Crippen LogP contribution in [0, 0.1) is 0 Å². The maximum Gasteiger partial charge on any atom is 0.303 e. The van der Waals surface area contributed by atoms with E-state index in [0.29, 0.717) is 25.8 Å². The van der Waals surface area contributed by atoms with E-state index in [4.69, 9.17) is 5.11 Å². The lowest BCUT2D eigenvalue weighted by Crippen LogP contribution is -2.24. The fourth-order valence-electron chi connectivity index (χ4n) is 2.83. The molecule has 0 fully saturated rings. The summed E-state index contributed by atoms with van der Waals surface area (Å²) in [6, 6.07) is 0. The Morgan fingerprint density at radius 2 is 1.12 bits per heavy atom. The van der Waals surface area contributed by atoms with Crippen molar-refractivity contribution >= 4 is 18.2 Å². The molecule has 5 heteroatoms. The number of amides is 1. The lowest BCUT2D eigenvalue weighted by atomic mass is 10.0. The van der Waals surface area contributed by atoms with Crippen LogP contribution in [-0.4, -0.2) is 29.8 Å². The van der Waals surface area contributed by atoms with Crippen molar-refractivity contribution in [2.24, 2.45) is 0 Å². The van der Waals surface area contributed by atoms with Gasteiger partial charge in [0.05, 0.1) is 0 Å². The summed E-state index contributed by atoms with van der Waals surface area (Å²) in [5.41, 5.74) is 0. The van der Waals surface area contributed by atoms with Gasteiger partial charge in [-0.25, -0.2) is 0 Å². The molecule has 25 heavy (non-hydrogen) atoms. The lowest BCUT2D eigenvalue weighted by Gasteiger charge is -2.04. The number of nitrogens with one attached hydrogen (secondary N) is 1. The first-order valence-corrected chi connectivity index (χ1v) is 10.1. The highest BCUT2D eigenvalue weighted by Gasteiger charge is 2.00. The van der Waals surface area contributed by atoms with E-state index >= 15 is 0 Å². The standard InChI is InChI=1S/C20H37NO4/c22-18-14-13-17-21-19(23)15-11-9-7-5-3-1-2-4-6-8-10-12-16-20(24)25/h18H,1-17H2,(H,21,23)(H,24,25). The molecule has 0 aromatic carbocycles. The van der Waals surface area contributed by atoms with Gasteiger partial charge in [0.15, 0.2) is 0 Å². The molecule has 0 saturated heterocycles. The van der Waals surface area contributed by atoms with Crippen molar-refractivity contribution in [3.05, 3.63) is 0 Å². The molecule has 0 radical (unpaired) electrons. The van der Waals surface area contributed by atoms with Crippen LogP contribution in [0.3, 0.4) is 0 Å². The van der Waals surface area contributed by atoms with Crippen LogP contribution in [0.5, 0.6) is 0 Å². The van der Waals surface area contributed by atoms with Gasteiger partial charge in [0, 0.05) is 25.8 Å². The summed E-state index contributed by atoms with van der Waals surface area (Å²) in [5, 5.41) is 11.4. The third-order valence-electron chi connectivity index (χ3n) is 4.37. The van der Waals surface area contributed by atoms with E-state index in [1.807, 2.05) is 0 Å². The minimum atomic E-state index is -0.685. The Bertz CT molecular complexity index is 345. The first-order chi connectivity index (χ1) is 12.2. The molecule has 0 spiro atoms. The fourth-order valence-corrected chi connectivity index (χ4v) is 2.83. The number of aliphatic carboxylic acids is 1. The average Bonchev–Trinajstić information content (AvgIpc) is 2.58. The van der Waals surface area contributed by atoms with Crippen LogP contribution < -0.4 is 5.32 Å². The number of carbonyl (C=O) groups excluding carboxylic acids is 2. The molecule has 0 aliphatic carbocycles. The Balaban J connectivity index is 3.12.